The molecule has 1 aromatic carbocycles. The highest BCUT2D eigenvalue weighted by Crippen LogP contribution is 2.39. The van der Waals surface area contributed by atoms with Gasteiger partial charge in [-0.15, -0.1) is 0 Å². The second-order valence-corrected chi connectivity index (χ2v) is 5.21. The summed E-state index contributed by atoms with van der Waals surface area (Å²) < 4.78 is 5.18. The summed E-state index contributed by atoms with van der Waals surface area (Å²) in [6.07, 6.45) is 5.36. The molecule has 1 unspecified atom stereocenters. The van der Waals surface area contributed by atoms with Gasteiger partial charge in [0.2, 0.25) is 0 Å². The fourth-order valence-electron chi connectivity index (χ4n) is 3.01. The molecule has 4 heteroatoms. The first-order chi connectivity index (χ1) is 9.13. The zero-order valence-electron chi connectivity index (χ0n) is 11.3. The Morgan fingerprint density at radius 3 is 2.63 bits per heavy atom. The molecule has 3 N–H and O–H groups in total. The van der Waals surface area contributed by atoms with Gasteiger partial charge in [0.15, 0.2) is 0 Å². The average Bonchev–Trinajstić information content (AvgIpc) is 2.42. The van der Waals surface area contributed by atoms with Crippen LogP contribution in [0.3, 0.4) is 0 Å². The Morgan fingerprint density at radius 1 is 1.37 bits per heavy atom. The second-order valence-electron chi connectivity index (χ2n) is 5.21. The normalized spacial score (nSPS) is 17.9. The van der Waals surface area contributed by atoms with Gasteiger partial charge in [-0.3, -0.25) is 4.79 Å². The summed E-state index contributed by atoms with van der Waals surface area (Å²) in [4.78, 5) is 11.7. The van der Waals surface area contributed by atoms with Gasteiger partial charge in [0.05, 0.1) is 13.0 Å². The number of nitrogen functional groups attached to an aromatic ring is 1. The van der Waals surface area contributed by atoms with Crippen molar-refractivity contribution in [2.75, 3.05) is 12.8 Å². The fraction of sp³-hybridized carbons (Fsp3) is 0.533. The standard InChI is InChI=1S/C15H21NO3/c1-19-11-7-8-13(16)12(9-11)14(15(17)18)10-5-3-2-4-6-10/h7-10,14H,2-6,16H2,1H3,(H,17,18). The van der Waals surface area contributed by atoms with E-state index in [1.54, 1.807) is 25.3 Å². The van der Waals surface area contributed by atoms with Crippen molar-refractivity contribution in [1.29, 1.82) is 0 Å². The molecule has 1 aromatic rings. The van der Waals surface area contributed by atoms with Crippen LogP contribution in [-0.2, 0) is 4.79 Å². The van der Waals surface area contributed by atoms with Gasteiger partial charge in [-0.2, -0.15) is 0 Å². The van der Waals surface area contributed by atoms with Crippen molar-refractivity contribution in [1.82, 2.24) is 0 Å². The van der Waals surface area contributed by atoms with Crippen molar-refractivity contribution < 1.29 is 14.6 Å². The van der Waals surface area contributed by atoms with E-state index in [2.05, 4.69) is 0 Å². The lowest BCUT2D eigenvalue weighted by Gasteiger charge is -2.28. The Labute approximate surface area is 113 Å². The molecular formula is C15H21NO3. The molecule has 104 valence electrons. The lowest BCUT2D eigenvalue weighted by atomic mass is 9.76. The number of rotatable bonds is 4. The summed E-state index contributed by atoms with van der Waals surface area (Å²) >= 11 is 0. The summed E-state index contributed by atoms with van der Waals surface area (Å²) in [6, 6.07) is 5.26. The zero-order valence-corrected chi connectivity index (χ0v) is 11.3. The van der Waals surface area contributed by atoms with Crippen molar-refractivity contribution in [3.63, 3.8) is 0 Å². The van der Waals surface area contributed by atoms with Gasteiger partial charge in [-0.05, 0) is 42.5 Å². The predicted molar refractivity (Wildman–Crippen MR) is 74.4 cm³/mol. The molecule has 1 aliphatic carbocycles. The fourth-order valence-corrected chi connectivity index (χ4v) is 3.01. The monoisotopic (exact) mass is 263 g/mol. The van der Waals surface area contributed by atoms with Gasteiger partial charge in [0.1, 0.15) is 5.75 Å². The van der Waals surface area contributed by atoms with Gasteiger partial charge < -0.3 is 15.6 Å². The van der Waals surface area contributed by atoms with E-state index in [9.17, 15) is 9.90 Å². The van der Waals surface area contributed by atoms with Gasteiger partial charge in [-0.25, -0.2) is 0 Å². The minimum absolute atomic E-state index is 0.181. The number of carboxylic acid groups (broad SMARTS) is 1. The number of benzene rings is 1. The summed E-state index contributed by atoms with van der Waals surface area (Å²) in [6.45, 7) is 0. The largest absolute Gasteiger partial charge is 0.497 e. The molecule has 1 atom stereocenters. The zero-order chi connectivity index (χ0) is 13.8. The number of methoxy groups -OCH3 is 1. The van der Waals surface area contributed by atoms with Crippen LogP contribution in [-0.4, -0.2) is 18.2 Å². The summed E-state index contributed by atoms with van der Waals surface area (Å²) in [7, 11) is 1.58. The Balaban J connectivity index is 2.35. The molecule has 1 saturated carbocycles. The Morgan fingerprint density at radius 2 is 2.05 bits per heavy atom. The predicted octanol–water partition coefficient (Wildman–Crippen LogP) is 3.03. The molecule has 2 rings (SSSR count). The SMILES string of the molecule is COc1ccc(N)c(C(C(=O)O)C2CCCCC2)c1. The lowest BCUT2D eigenvalue weighted by Crippen LogP contribution is -2.24. The molecule has 0 bridgehead atoms. The molecule has 0 aromatic heterocycles. The van der Waals surface area contributed by atoms with Crippen LogP contribution in [0.15, 0.2) is 18.2 Å². The number of aliphatic carboxylic acids is 1. The molecule has 0 heterocycles. The third kappa shape index (κ3) is 3.00. The molecule has 1 fully saturated rings. The van der Waals surface area contributed by atoms with E-state index in [1.807, 2.05) is 0 Å². The molecule has 1 aliphatic rings. The van der Waals surface area contributed by atoms with E-state index in [0.29, 0.717) is 17.0 Å². The van der Waals surface area contributed by atoms with Gasteiger partial charge in [0, 0.05) is 5.69 Å². The highest BCUT2D eigenvalue weighted by atomic mass is 16.5. The van der Waals surface area contributed by atoms with Gasteiger partial charge in [-0.1, -0.05) is 19.3 Å². The maximum Gasteiger partial charge on any atom is 0.311 e. The maximum atomic E-state index is 11.7. The van der Waals surface area contributed by atoms with E-state index < -0.39 is 11.9 Å². The van der Waals surface area contributed by atoms with Crippen LogP contribution in [0.2, 0.25) is 0 Å². The number of anilines is 1. The topological polar surface area (TPSA) is 72.5 Å². The number of ether oxygens (including phenoxy) is 1. The van der Waals surface area contributed by atoms with E-state index >= 15 is 0 Å². The van der Waals surface area contributed by atoms with Gasteiger partial charge in [0.25, 0.3) is 0 Å². The highest BCUT2D eigenvalue weighted by Gasteiger charge is 2.32. The first-order valence-electron chi connectivity index (χ1n) is 6.79. The minimum atomic E-state index is -0.785. The van der Waals surface area contributed by atoms with Crippen LogP contribution in [0.1, 0.15) is 43.6 Å². The van der Waals surface area contributed by atoms with Crippen molar-refractivity contribution in [3.05, 3.63) is 23.8 Å². The molecule has 0 spiro atoms. The summed E-state index contributed by atoms with van der Waals surface area (Å²) in [5.74, 6) is -0.464. The maximum absolute atomic E-state index is 11.7. The number of hydrogen-bond acceptors (Lipinski definition) is 3. The third-order valence-electron chi connectivity index (χ3n) is 4.02. The van der Waals surface area contributed by atoms with E-state index in [1.165, 1.54) is 6.42 Å². The lowest BCUT2D eigenvalue weighted by molar-refractivity contribution is -0.140. The van der Waals surface area contributed by atoms with Crippen LogP contribution < -0.4 is 10.5 Å². The van der Waals surface area contributed by atoms with Crippen molar-refractivity contribution in [2.24, 2.45) is 5.92 Å². The minimum Gasteiger partial charge on any atom is -0.497 e. The third-order valence-corrected chi connectivity index (χ3v) is 4.02. The van der Waals surface area contributed by atoms with E-state index in [4.69, 9.17) is 10.5 Å². The van der Waals surface area contributed by atoms with E-state index in [0.717, 1.165) is 25.7 Å². The highest BCUT2D eigenvalue weighted by molar-refractivity contribution is 5.79. The number of carboxylic acids is 1. The van der Waals surface area contributed by atoms with Crippen molar-refractivity contribution >= 4 is 11.7 Å². The van der Waals surface area contributed by atoms with E-state index in [-0.39, 0.29) is 5.92 Å². The quantitative estimate of drug-likeness (QED) is 0.819. The molecule has 0 amide bonds. The van der Waals surface area contributed by atoms with Crippen LogP contribution in [0.25, 0.3) is 0 Å². The second kappa shape index (κ2) is 5.95. The number of nitrogens with two attached hydrogens (primary N) is 1. The Hall–Kier alpha value is -1.71. The molecule has 19 heavy (non-hydrogen) atoms. The first-order valence-corrected chi connectivity index (χ1v) is 6.79. The average molecular weight is 263 g/mol. The van der Waals surface area contributed by atoms with Crippen LogP contribution in [0.4, 0.5) is 5.69 Å². The Bertz CT molecular complexity index is 453. The van der Waals surface area contributed by atoms with Crippen LogP contribution in [0.5, 0.6) is 5.75 Å². The van der Waals surface area contributed by atoms with Crippen molar-refractivity contribution in [2.45, 2.75) is 38.0 Å². The number of hydrogen-bond donors (Lipinski definition) is 2. The molecule has 0 aliphatic heterocycles. The molecule has 0 radical (unpaired) electrons. The van der Waals surface area contributed by atoms with Crippen molar-refractivity contribution in [3.8, 4) is 5.75 Å². The summed E-state index contributed by atoms with van der Waals surface area (Å²) in [5, 5.41) is 9.57. The van der Waals surface area contributed by atoms with Gasteiger partial charge >= 0.3 is 5.97 Å². The first kappa shape index (κ1) is 13.7. The Kier molecular flexibility index (Phi) is 4.30. The smallest absolute Gasteiger partial charge is 0.311 e. The van der Waals surface area contributed by atoms with Crippen LogP contribution >= 0.6 is 0 Å². The molecular weight excluding hydrogens is 242 g/mol. The number of carbonyl (C=O) groups is 1. The van der Waals surface area contributed by atoms with Crippen LogP contribution in [0, 0.1) is 5.92 Å². The molecule has 4 nitrogen and oxygen atoms in total. The molecule has 0 saturated heterocycles. The summed E-state index contributed by atoms with van der Waals surface area (Å²) in [5.41, 5.74) is 7.20.